The summed E-state index contributed by atoms with van der Waals surface area (Å²) in [5, 5.41) is 0.944. The monoisotopic (exact) mass is 454 g/mol. The number of rotatable bonds is 4. The fourth-order valence-corrected chi connectivity index (χ4v) is 7.06. The van der Waals surface area contributed by atoms with Gasteiger partial charge in [-0.05, 0) is 43.4 Å². The number of carbonyl (C=O) groups is 2. The molecule has 2 amide bonds. The van der Waals surface area contributed by atoms with Gasteiger partial charge in [-0.2, -0.15) is 0 Å². The van der Waals surface area contributed by atoms with Gasteiger partial charge in [-0.15, -0.1) is 11.8 Å². The lowest BCUT2D eigenvalue weighted by atomic mass is 9.98. The smallest absolute Gasteiger partial charge is 0.253 e. The van der Waals surface area contributed by atoms with Crippen molar-refractivity contribution >= 4 is 46.8 Å². The van der Waals surface area contributed by atoms with Crippen LogP contribution in [0.1, 0.15) is 61.7 Å². The summed E-state index contributed by atoms with van der Waals surface area (Å²) in [6.45, 7) is 2.15. The molecule has 0 bridgehead atoms. The summed E-state index contributed by atoms with van der Waals surface area (Å²) in [5.74, 6) is 2.01. The fraction of sp³-hybridized carbons (Fsp3) is 0.636. The number of hydrogen-bond donors (Lipinski definition) is 0. The summed E-state index contributed by atoms with van der Waals surface area (Å²) in [4.78, 5) is 29.8. The van der Waals surface area contributed by atoms with E-state index in [0.29, 0.717) is 41.0 Å². The van der Waals surface area contributed by atoms with Gasteiger partial charge in [0, 0.05) is 47.4 Å². The van der Waals surface area contributed by atoms with Crippen molar-refractivity contribution in [3.63, 3.8) is 0 Å². The molecule has 4 nitrogen and oxygen atoms in total. The second kappa shape index (κ2) is 9.07. The third-order valence-electron chi connectivity index (χ3n) is 6.66. The molecule has 158 valence electrons. The summed E-state index contributed by atoms with van der Waals surface area (Å²) in [6.07, 6.45) is 8.59. The van der Waals surface area contributed by atoms with Gasteiger partial charge in [0.25, 0.3) is 5.91 Å². The minimum atomic E-state index is -0.129. The van der Waals surface area contributed by atoms with Crippen LogP contribution in [0.4, 0.5) is 0 Å². The number of hydrogen-bond acceptors (Lipinski definition) is 3. The molecule has 29 heavy (non-hydrogen) atoms. The second-order valence-electron chi connectivity index (χ2n) is 8.48. The summed E-state index contributed by atoms with van der Waals surface area (Å²) in [7, 11) is 0. The van der Waals surface area contributed by atoms with E-state index < -0.39 is 0 Å². The van der Waals surface area contributed by atoms with E-state index in [4.69, 9.17) is 23.2 Å². The highest BCUT2D eigenvalue weighted by Gasteiger charge is 2.46. The molecule has 2 aliphatic heterocycles. The van der Waals surface area contributed by atoms with Gasteiger partial charge in [0.15, 0.2) is 0 Å². The number of halogens is 2. The van der Waals surface area contributed by atoms with Crippen LogP contribution in [-0.4, -0.2) is 51.9 Å². The Morgan fingerprint density at radius 1 is 1.03 bits per heavy atom. The topological polar surface area (TPSA) is 40.6 Å². The van der Waals surface area contributed by atoms with Crippen molar-refractivity contribution in [1.29, 1.82) is 0 Å². The molecule has 2 heterocycles. The highest BCUT2D eigenvalue weighted by Crippen LogP contribution is 2.44. The average Bonchev–Trinajstić information content (AvgIpc) is 3.36. The number of amides is 2. The number of nitrogens with zero attached hydrogens (tertiary/aromatic N) is 2. The van der Waals surface area contributed by atoms with E-state index >= 15 is 0 Å². The minimum absolute atomic E-state index is 0.0358. The van der Waals surface area contributed by atoms with E-state index in [1.807, 2.05) is 16.7 Å². The van der Waals surface area contributed by atoms with Crippen LogP contribution in [0.25, 0.3) is 0 Å². The van der Waals surface area contributed by atoms with E-state index in [1.165, 1.54) is 25.7 Å². The predicted octanol–water partition coefficient (Wildman–Crippen LogP) is 5.47. The second-order valence-corrected chi connectivity index (χ2v) is 10.8. The highest BCUT2D eigenvalue weighted by molar-refractivity contribution is 8.00. The van der Waals surface area contributed by atoms with Gasteiger partial charge in [-0.3, -0.25) is 9.59 Å². The lowest BCUT2D eigenvalue weighted by Gasteiger charge is -2.44. The quantitative estimate of drug-likeness (QED) is 0.605. The summed E-state index contributed by atoms with van der Waals surface area (Å²) < 4.78 is 0. The fourth-order valence-electron chi connectivity index (χ4n) is 5.06. The predicted molar refractivity (Wildman–Crippen MR) is 120 cm³/mol. The average molecular weight is 455 g/mol. The van der Waals surface area contributed by atoms with E-state index in [9.17, 15) is 9.59 Å². The number of likely N-dealkylation sites (tertiary alicyclic amines) is 1. The van der Waals surface area contributed by atoms with Gasteiger partial charge in [0.1, 0.15) is 0 Å². The van der Waals surface area contributed by atoms with Crippen molar-refractivity contribution in [3.05, 3.63) is 33.8 Å². The largest absolute Gasteiger partial charge is 0.338 e. The van der Waals surface area contributed by atoms with Crippen molar-refractivity contribution in [2.75, 3.05) is 25.4 Å². The molecule has 1 aliphatic carbocycles. The Kier molecular flexibility index (Phi) is 6.67. The van der Waals surface area contributed by atoms with Crippen molar-refractivity contribution in [1.82, 2.24) is 9.80 Å². The molecule has 0 aromatic heterocycles. The van der Waals surface area contributed by atoms with Gasteiger partial charge < -0.3 is 9.80 Å². The van der Waals surface area contributed by atoms with E-state index in [2.05, 4.69) is 4.90 Å². The summed E-state index contributed by atoms with van der Waals surface area (Å²) >= 11 is 14.0. The zero-order valence-electron chi connectivity index (χ0n) is 16.7. The third-order valence-corrected chi connectivity index (χ3v) is 8.65. The first-order valence-corrected chi connectivity index (χ1v) is 12.4. The van der Waals surface area contributed by atoms with Crippen LogP contribution in [-0.2, 0) is 4.79 Å². The molecule has 3 fully saturated rings. The maximum atomic E-state index is 13.0. The van der Waals surface area contributed by atoms with Crippen LogP contribution in [0.5, 0.6) is 0 Å². The lowest BCUT2D eigenvalue weighted by Crippen LogP contribution is -2.53. The van der Waals surface area contributed by atoms with Crippen LogP contribution < -0.4 is 0 Å². The first-order valence-electron chi connectivity index (χ1n) is 10.7. The molecule has 7 heteroatoms. The normalized spacial score (nSPS) is 21.9. The Morgan fingerprint density at radius 3 is 2.34 bits per heavy atom. The highest BCUT2D eigenvalue weighted by atomic mass is 35.5. The van der Waals surface area contributed by atoms with E-state index in [-0.39, 0.29) is 10.8 Å². The van der Waals surface area contributed by atoms with Crippen molar-refractivity contribution in [3.8, 4) is 0 Å². The van der Waals surface area contributed by atoms with Gasteiger partial charge in [0.05, 0.1) is 4.87 Å². The first kappa shape index (κ1) is 21.3. The molecular formula is C22H28Cl2N2O2S. The SMILES string of the molecule is O=C(c1cc(Cl)cc(Cl)c1)N1CCC2(CC1)SCCN2C(=O)CCC1CCCC1. The van der Waals surface area contributed by atoms with Crippen molar-refractivity contribution in [2.45, 2.75) is 56.2 Å². The van der Waals surface area contributed by atoms with Crippen LogP contribution in [0.15, 0.2) is 18.2 Å². The van der Waals surface area contributed by atoms with Crippen molar-refractivity contribution < 1.29 is 9.59 Å². The lowest BCUT2D eigenvalue weighted by molar-refractivity contribution is -0.135. The van der Waals surface area contributed by atoms with Gasteiger partial charge in [0.2, 0.25) is 5.91 Å². The number of piperidine rings is 1. The van der Waals surface area contributed by atoms with E-state index in [1.54, 1.807) is 18.2 Å². The maximum Gasteiger partial charge on any atom is 0.253 e. The van der Waals surface area contributed by atoms with Gasteiger partial charge in [-0.1, -0.05) is 48.9 Å². The van der Waals surface area contributed by atoms with Crippen LogP contribution in [0.3, 0.4) is 0 Å². The summed E-state index contributed by atoms with van der Waals surface area (Å²) in [5.41, 5.74) is 0.530. The first-order chi connectivity index (χ1) is 14.0. The molecule has 4 rings (SSSR count). The maximum absolute atomic E-state index is 13.0. The minimum Gasteiger partial charge on any atom is -0.338 e. The Hall–Kier alpha value is -0.910. The molecular weight excluding hydrogens is 427 g/mol. The zero-order chi connectivity index (χ0) is 20.4. The standard InChI is InChI=1S/C22H28Cl2N2O2S/c23-18-13-17(14-19(24)15-18)21(28)25-9-7-22(8-10-25)26(11-12-29-22)20(27)6-5-16-3-1-2-4-16/h13-16H,1-12H2. The third kappa shape index (κ3) is 4.72. The molecule has 2 saturated heterocycles. The Balaban J connectivity index is 1.36. The van der Waals surface area contributed by atoms with Gasteiger partial charge in [-0.25, -0.2) is 0 Å². The molecule has 3 aliphatic rings. The number of thioether (sulfide) groups is 1. The molecule has 1 aromatic rings. The Bertz CT molecular complexity index is 754. The molecule has 1 saturated carbocycles. The molecule has 0 unspecified atom stereocenters. The molecule has 0 N–H and O–H groups in total. The zero-order valence-corrected chi connectivity index (χ0v) is 19.0. The summed E-state index contributed by atoms with van der Waals surface area (Å²) in [6, 6.07) is 4.97. The van der Waals surface area contributed by atoms with Crippen LogP contribution in [0, 0.1) is 5.92 Å². The van der Waals surface area contributed by atoms with Crippen LogP contribution in [0.2, 0.25) is 10.0 Å². The van der Waals surface area contributed by atoms with Crippen molar-refractivity contribution in [2.24, 2.45) is 5.92 Å². The molecule has 0 radical (unpaired) electrons. The Labute approximate surface area is 187 Å². The number of benzene rings is 1. The molecule has 1 spiro atoms. The van der Waals surface area contributed by atoms with E-state index in [0.717, 1.165) is 37.5 Å². The molecule has 1 aromatic carbocycles. The van der Waals surface area contributed by atoms with Gasteiger partial charge >= 0.3 is 0 Å². The molecule has 0 atom stereocenters. The number of carbonyl (C=O) groups excluding carboxylic acids is 2. The Morgan fingerprint density at radius 2 is 1.69 bits per heavy atom. The van der Waals surface area contributed by atoms with Crippen LogP contribution >= 0.6 is 35.0 Å².